The lowest BCUT2D eigenvalue weighted by Crippen LogP contribution is -2.31. The van der Waals surface area contributed by atoms with Crippen LogP contribution in [0.5, 0.6) is 0 Å². The number of halogens is 5. The quantitative estimate of drug-likeness (QED) is 0.846. The highest BCUT2D eigenvalue weighted by Gasteiger charge is 2.32. The van der Waals surface area contributed by atoms with Crippen LogP contribution in [0.2, 0.25) is 10.0 Å². The Kier molecular flexibility index (Phi) is 5.12. The van der Waals surface area contributed by atoms with E-state index in [0.29, 0.717) is 6.07 Å². The maximum atomic E-state index is 12.7. The van der Waals surface area contributed by atoms with Crippen molar-refractivity contribution < 1.29 is 26.4 Å². The van der Waals surface area contributed by atoms with Crippen molar-refractivity contribution in [1.82, 2.24) is 4.72 Å². The fraction of sp³-hybridized carbons (Fsp3) is 0.0714. The Morgan fingerprint density at radius 3 is 2.29 bits per heavy atom. The third-order valence-electron chi connectivity index (χ3n) is 2.87. The van der Waals surface area contributed by atoms with E-state index in [0.717, 1.165) is 18.2 Å². The van der Waals surface area contributed by atoms with Gasteiger partial charge in [-0.25, -0.2) is 13.1 Å². The van der Waals surface area contributed by atoms with Gasteiger partial charge in [0.25, 0.3) is 15.9 Å². The minimum atomic E-state index is -4.71. The molecule has 0 radical (unpaired) electrons. The summed E-state index contributed by atoms with van der Waals surface area (Å²) in [6.45, 7) is 0. The fourth-order valence-electron chi connectivity index (χ4n) is 1.75. The average molecular weight is 398 g/mol. The first kappa shape index (κ1) is 18.6. The topological polar surface area (TPSA) is 63.2 Å². The van der Waals surface area contributed by atoms with Gasteiger partial charge in [0.05, 0.1) is 21.0 Å². The van der Waals surface area contributed by atoms with Crippen molar-refractivity contribution in [2.24, 2.45) is 0 Å². The van der Waals surface area contributed by atoms with Crippen LogP contribution in [0.25, 0.3) is 0 Å². The van der Waals surface area contributed by atoms with E-state index < -0.39 is 32.6 Å². The lowest BCUT2D eigenvalue weighted by Gasteiger charge is -2.11. The number of alkyl halides is 3. The Labute approximate surface area is 145 Å². The summed E-state index contributed by atoms with van der Waals surface area (Å²) in [4.78, 5) is 11.3. The first-order chi connectivity index (χ1) is 11.0. The SMILES string of the molecule is O=C(NS(=O)(=O)c1cccc(C(F)(F)F)c1)c1ccc(Cl)cc1Cl. The standard InChI is InChI=1S/C14H8Cl2F3NO3S/c15-9-4-5-11(12(16)7-9)13(21)20-24(22,23)10-3-1-2-8(6-10)14(17,18)19/h1-7H,(H,20,21). The molecule has 0 bridgehead atoms. The van der Waals surface area contributed by atoms with Crippen LogP contribution in [0.4, 0.5) is 13.2 Å². The van der Waals surface area contributed by atoms with E-state index in [4.69, 9.17) is 23.2 Å². The number of amides is 1. The van der Waals surface area contributed by atoms with Crippen molar-refractivity contribution in [3.63, 3.8) is 0 Å². The summed E-state index contributed by atoms with van der Waals surface area (Å²) in [7, 11) is -4.51. The molecule has 10 heteroatoms. The highest BCUT2D eigenvalue weighted by atomic mass is 35.5. The summed E-state index contributed by atoms with van der Waals surface area (Å²) < 4.78 is 63.9. The van der Waals surface area contributed by atoms with Crippen molar-refractivity contribution in [1.29, 1.82) is 0 Å². The van der Waals surface area contributed by atoms with E-state index in [1.807, 2.05) is 0 Å². The molecule has 0 aliphatic heterocycles. The minimum Gasteiger partial charge on any atom is -0.268 e. The Morgan fingerprint density at radius 1 is 1.04 bits per heavy atom. The molecular weight excluding hydrogens is 390 g/mol. The number of benzene rings is 2. The molecule has 0 aliphatic carbocycles. The number of carbonyl (C=O) groups excluding carboxylic acids is 1. The summed E-state index contributed by atoms with van der Waals surface area (Å²) in [5, 5.41) is 0.136. The van der Waals surface area contributed by atoms with Crippen molar-refractivity contribution in [2.45, 2.75) is 11.1 Å². The molecule has 4 nitrogen and oxygen atoms in total. The second-order valence-electron chi connectivity index (χ2n) is 4.58. The van der Waals surface area contributed by atoms with Gasteiger partial charge in [0.1, 0.15) is 0 Å². The summed E-state index contributed by atoms with van der Waals surface area (Å²) in [6, 6.07) is 6.76. The van der Waals surface area contributed by atoms with Gasteiger partial charge >= 0.3 is 6.18 Å². The van der Waals surface area contributed by atoms with Gasteiger partial charge in [-0.15, -0.1) is 0 Å². The van der Waals surface area contributed by atoms with Gasteiger partial charge in [-0.1, -0.05) is 29.3 Å². The lowest BCUT2D eigenvalue weighted by molar-refractivity contribution is -0.137. The molecule has 1 N–H and O–H groups in total. The Morgan fingerprint density at radius 2 is 1.71 bits per heavy atom. The molecular formula is C14H8Cl2F3NO3S. The molecule has 0 saturated heterocycles. The molecule has 0 saturated carbocycles. The van der Waals surface area contributed by atoms with E-state index in [1.165, 1.54) is 18.2 Å². The Balaban J connectivity index is 2.33. The van der Waals surface area contributed by atoms with Gasteiger partial charge in [0.15, 0.2) is 0 Å². The summed E-state index contributed by atoms with van der Waals surface area (Å²) in [5.41, 5.74) is -1.33. The molecule has 0 atom stereocenters. The van der Waals surface area contributed by atoms with Crippen LogP contribution in [-0.2, 0) is 16.2 Å². The molecule has 0 aromatic heterocycles. The third kappa shape index (κ3) is 4.19. The van der Waals surface area contributed by atoms with Crippen LogP contribution in [0.3, 0.4) is 0 Å². The predicted octanol–water partition coefficient (Wildman–Crippen LogP) is 4.13. The van der Waals surface area contributed by atoms with Crippen molar-refractivity contribution in [3.05, 3.63) is 63.6 Å². The second kappa shape index (κ2) is 6.62. The monoisotopic (exact) mass is 397 g/mol. The largest absolute Gasteiger partial charge is 0.416 e. The molecule has 2 rings (SSSR count). The van der Waals surface area contributed by atoms with Crippen LogP contribution >= 0.6 is 23.2 Å². The third-order valence-corrected chi connectivity index (χ3v) is 4.75. The van der Waals surface area contributed by atoms with E-state index in [1.54, 1.807) is 4.72 Å². The Bertz CT molecular complexity index is 898. The first-order valence-electron chi connectivity index (χ1n) is 6.20. The molecule has 24 heavy (non-hydrogen) atoms. The van der Waals surface area contributed by atoms with Gasteiger partial charge in [-0.05, 0) is 36.4 Å². The van der Waals surface area contributed by atoms with E-state index in [9.17, 15) is 26.4 Å². The van der Waals surface area contributed by atoms with E-state index >= 15 is 0 Å². The molecule has 1 amide bonds. The summed E-state index contributed by atoms with van der Waals surface area (Å²) >= 11 is 11.5. The second-order valence-corrected chi connectivity index (χ2v) is 7.11. The molecule has 0 spiro atoms. The number of hydrogen-bond donors (Lipinski definition) is 1. The van der Waals surface area contributed by atoms with Crippen LogP contribution in [0.1, 0.15) is 15.9 Å². The highest BCUT2D eigenvalue weighted by Crippen LogP contribution is 2.30. The van der Waals surface area contributed by atoms with Gasteiger partial charge in [0.2, 0.25) is 0 Å². The molecule has 0 aliphatic rings. The molecule has 2 aromatic rings. The van der Waals surface area contributed by atoms with E-state index in [-0.39, 0.29) is 15.6 Å². The Hall–Kier alpha value is -1.77. The summed E-state index contributed by atoms with van der Waals surface area (Å²) in [5.74, 6) is -1.09. The molecule has 128 valence electrons. The van der Waals surface area contributed by atoms with Gasteiger partial charge in [-0.3, -0.25) is 4.79 Å². The maximum Gasteiger partial charge on any atom is 0.416 e. The number of sulfonamides is 1. The lowest BCUT2D eigenvalue weighted by atomic mass is 10.2. The zero-order valence-electron chi connectivity index (χ0n) is 11.6. The van der Waals surface area contributed by atoms with E-state index in [2.05, 4.69) is 0 Å². The van der Waals surface area contributed by atoms with Crippen LogP contribution in [-0.4, -0.2) is 14.3 Å². The number of nitrogens with one attached hydrogen (secondary N) is 1. The van der Waals surface area contributed by atoms with Gasteiger partial charge in [-0.2, -0.15) is 13.2 Å². The minimum absolute atomic E-state index is 0.0979. The van der Waals surface area contributed by atoms with Crippen LogP contribution < -0.4 is 4.72 Å². The predicted molar refractivity (Wildman–Crippen MR) is 82.6 cm³/mol. The van der Waals surface area contributed by atoms with Gasteiger partial charge in [0, 0.05) is 5.02 Å². The zero-order chi connectivity index (χ0) is 18.1. The molecule has 0 unspecified atom stereocenters. The number of rotatable bonds is 3. The normalized spacial score (nSPS) is 12.0. The average Bonchev–Trinajstić information content (AvgIpc) is 2.45. The molecule has 0 heterocycles. The smallest absolute Gasteiger partial charge is 0.268 e. The van der Waals surface area contributed by atoms with Crippen molar-refractivity contribution in [2.75, 3.05) is 0 Å². The fourth-order valence-corrected chi connectivity index (χ4v) is 3.26. The van der Waals surface area contributed by atoms with Crippen LogP contribution in [0.15, 0.2) is 47.4 Å². The summed E-state index contributed by atoms with van der Waals surface area (Å²) in [6.07, 6.45) is -4.71. The maximum absolute atomic E-state index is 12.7. The number of hydrogen-bond acceptors (Lipinski definition) is 3. The first-order valence-corrected chi connectivity index (χ1v) is 8.44. The number of carbonyl (C=O) groups is 1. The van der Waals surface area contributed by atoms with Crippen LogP contribution in [0, 0.1) is 0 Å². The van der Waals surface area contributed by atoms with Crippen molar-refractivity contribution in [3.8, 4) is 0 Å². The zero-order valence-corrected chi connectivity index (χ0v) is 13.9. The van der Waals surface area contributed by atoms with Gasteiger partial charge < -0.3 is 0 Å². The highest BCUT2D eigenvalue weighted by molar-refractivity contribution is 7.90. The van der Waals surface area contributed by atoms with Crippen molar-refractivity contribution >= 4 is 39.1 Å². The molecule has 2 aromatic carbocycles. The molecule has 0 fully saturated rings.